The molecule has 0 aliphatic carbocycles. The standard InChI is InChI=1S/C21H27N7O4/c1-15(12-13-30-3)32-21(29)25-18-11-7-10-17(24-18)14-31-26-19(20(22)28(2)27-23)16-8-5-4-6-9-16/h4-11,15,22-23H,12-14H2,1-3H3,(H,24,25,29)/p+1/b22-20?,26-19-. The van der Waals surface area contributed by atoms with Gasteiger partial charge < -0.3 is 14.3 Å². The maximum atomic E-state index is 12.0. The summed E-state index contributed by atoms with van der Waals surface area (Å²) in [4.78, 5) is 21.8. The fourth-order valence-electron chi connectivity index (χ4n) is 2.49. The summed E-state index contributed by atoms with van der Waals surface area (Å²) < 4.78 is 11.4. The van der Waals surface area contributed by atoms with Crippen LogP contribution in [0.2, 0.25) is 0 Å². The number of ether oxygens (including phenoxy) is 2. The smallest absolute Gasteiger partial charge is 0.413 e. The summed E-state index contributed by atoms with van der Waals surface area (Å²) in [6, 6.07) is 14.2. The second kappa shape index (κ2) is 12.7. The lowest BCUT2D eigenvalue weighted by atomic mass is 10.1. The van der Waals surface area contributed by atoms with E-state index in [1.807, 2.05) is 18.2 Å². The van der Waals surface area contributed by atoms with Crippen LogP contribution in [0, 0.1) is 5.41 Å². The molecule has 0 aliphatic rings. The van der Waals surface area contributed by atoms with Crippen LogP contribution in [0.25, 0.3) is 0 Å². The van der Waals surface area contributed by atoms with Gasteiger partial charge in [-0.05, 0) is 19.1 Å². The van der Waals surface area contributed by atoms with Crippen molar-refractivity contribution in [2.24, 2.45) is 16.2 Å². The molecule has 0 aliphatic heterocycles. The number of carbonyl (C=O) groups excluding carboxylic acids is 1. The molecule has 1 amide bonds. The number of anilines is 1. The molecule has 11 nitrogen and oxygen atoms in total. The lowest BCUT2D eigenvalue weighted by Gasteiger charge is -2.13. The third-order valence-electron chi connectivity index (χ3n) is 4.21. The number of nitrogens with one attached hydrogen (secondary N) is 2. The van der Waals surface area contributed by atoms with Gasteiger partial charge in [-0.1, -0.05) is 41.6 Å². The van der Waals surface area contributed by atoms with Crippen molar-refractivity contribution in [1.29, 1.82) is 5.41 Å². The van der Waals surface area contributed by atoms with Gasteiger partial charge >= 0.3 is 11.9 Å². The average molecular weight is 443 g/mol. The van der Waals surface area contributed by atoms with Crippen LogP contribution < -0.4 is 11.2 Å². The van der Waals surface area contributed by atoms with Gasteiger partial charge in [-0.3, -0.25) is 5.32 Å². The highest BCUT2D eigenvalue weighted by Gasteiger charge is 2.18. The van der Waals surface area contributed by atoms with Crippen LogP contribution in [-0.2, 0) is 20.9 Å². The lowest BCUT2D eigenvalue weighted by molar-refractivity contribution is -0.449. The Morgan fingerprint density at radius 1 is 1.25 bits per heavy atom. The Hall–Kier alpha value is -3.86. The van der Waals surface area contributed by atoms with E-state index in [9.17, 15) is 4.79 Å². The predicted octanol–water partition coefficient (Wildman–Crippen LogP) is 2.92. The molecule has 0 fully saturated rings. The summed E-state index contributed by atoms with van der Waals surface area (Å²) in [5.41, 5.74) is 1.45. The van der Waals surface area contributed by atoms with Crippen LogP contribution in [0.3, 0.4) is 0 Å². The average Bonchev–Trinajstić information content (AvgIpc) is 2.80. The Labute approximate surface area is 186 Å². The number of amides is 1. The minimum Gasteiger partial charge on any atom is -0.446 e. The van der Waals surface area contributed by atoms with E-state index in [0.717, 1.165) is 0 Å². The first-order chi connectivity index (χ1) is 15.4. The van der Waals surface area contributed by atoms with Gasteiger partial charge in [0.15, 0.2) is 12.3 Å². The van der Waals surface area contributed by atoms with Crippen LogP contribution in [-0.4, -0.2) is 54.2 Å². The molecule has 0 saturated carbocycles. The van der Waals surface area contributed by atoms with E-state index in [2.05, 4.69) is 20.7 Å². The number of carbonyl (C=O) groups is 1. The van der Waals surface area contributed by atoms with E-state index >= 15 is 0 Å². The van der Waals surface area contributed by atoms with Crippen LogP contribution in [0.5, 0.6) is 0 Å². The predicted molar refractivity (Wildman–Crippen MR) is 119 cm³/mol. The summed E-state index contributed by atoms with van der Waals surface area (Å²) in [6.07, 6.45) is -0.305. The number of aromatic nitrogens is 1. The van der Waals surface area contributed by atoms with Gasteiger partial charge in [0.1, 0.15) is 11.9 Å². The maximum absolute atomic E-state index is 12.0. The number of likely N-dealkylation sites (N-methyl/N-ethyl adjacent to an activating group) is 1. The Morgan fingerprint density at radius 3 is 2.69 bits per heavy atom. The summed E-state index contributed by atoms with van der Waals surface area (Å²) in [5, 5.41) is 18.4. The van der Waals surface area contributed by atoms with E-state index < -0.39 is 6.09 Å². The SMILES string of the molecule is COCCC(C)OC(=O)Nc1cccc(CO/N=C(\C(=N)[N+](C)=NN)c2ccccc2)n1. The van der Waals surface area contributed by atoms with Crippen LogP contribution in [0.4, 0.5) is 10.6 Å². The first-order valence-electron chi connectivity index (χ1n) is 9.86. The van der Waals surface area contributed by atoms with Crippen molar-refractivity contribution in [1.82, 2.24) is 4.98 Å². The second-order valence-electron chi connectivity index (χ2n) is 6.70. The number of rotatable bonds is 10. The lowest BCUT2D eigenvalue weighted by Crippen LogP contribution is -2.26. The Bertz CT molecular complexity index is 964. The first kappa shape index (κ1) is 24.4. The number of benzene rings is 1. The number of pyridine rings is 1. The molecule has 4 N–H and O–H groups in total. The largest absolute Gasteiger partial charge is 0.446 e. The van der Waals surface area contributed by atoms with Crippen molar-refractivity contribution in [3.63, 3.8) is 0 Å². The molecule has 32 heavy (non-hydrogen) atoms. The number of amidine groups is 1. The highest BCUT2D eigenvalue weighted by Crippen LogP contribution is 2.09. The molecule has 170 valence electrons. The van der Waals surface area contributed by atoms with E-state index in [-0.39, 0.29) is 24.3 Å². The zero-order valence-electron chi connectivity index (χ0n) is 18.3. The highest BCUT2D eigenvalue weighted by atomic mass is 16.6. The minimum atomic E-state index is -0.606. The molecular weight excluding hydrogens is 414 g/mol. The molecule has 2 rings (SSSR count). The third kappa shape index (κ3) is 7.76. The molecule has 0 spiro atoms. The van der Waals surface area contributed by atoms with E-state index in [1.54, 1.807) is 44.4 Å². The van der Waals surface area contributed by atoms with Crippen LogP contribution in [0.1, 0.15) is 24.6 Å². The zero-order valence-corrected chi connectivity index (χ0v) is 18.3. The first-order valence-corrected chi connectivity index (χ1v) is 9.86. The fourth-order valence-corrected chi connectivity index (χ4v) is 2.49. The van der Waals surface area contributed by atoms with Gasteiger partial charge in [0.2, 0.25) is 0 Å². The topological polar surface area (TPSA) is 147 Å². The summed E-state index contributed by atoms with van der Waals surface area (Å²) >= 11 is 0. The van der Waals surface area contributed by atoms with Crippen molar-refractivity contribution in [2.75, 3.05) is 26.1 Å². The molecule has 1 atom stereocenters. The van der Waals surface area contributed by atoms with E-state index in [0.29, 0.717) is 30.1 Å². The second-order valence-corrected chi connectivity index (χ2v) is 6.70. The van der Waals surface area contributed by atoms with Crippen molar-refractivity contribution < 1.29 is 23.8 Å². The quantitative estimate of drug-likeness (QED) is 0.129. The molecule has 2 aromatic rings. The van der Waals surface area contributed by atoms with Gasteiger partial charge in [-0.2, -0.15) is 5.41 Å². The van der Waals surface area contributed by atoms with Gasteiger partial charge in [0, 0.05) is 30.9 Å². The van der Waals surface area contributed by atoms with Crippen LogP contribution in [0.15, 0.2) is 58.9 Å². The third-order valence-corrected chi connectivity index (χ3v) is 4.21. The van der Waals surface area contributed by atoms with Crippen LogP contribution >= 0.6 is 0 Å². The van der Waals surface area contributed by atoms with Crippen molar-refractivity contribution in [3.05, 3.63) is 59.8 Å². The summed E-state index contributed by atoms with van der Waals surface area (Å²) in [7, 11) is 3.12. The molecule has 1 unspecified atom stereocenters. The fraction of sp³-hybridized carbons (Fsp3) is 0.333. The van der Waals surface area contributed by atoms with Gasteiger partial charge in [0.25, 0.3) is 0 Å². The Kier molecular flexibility index (Phi) is 9.72. The number of nitrogens with zero attached hydrogens (tertiary/aromatic N) is 4. The Balaban J connectivity index is 2.03. The molecule has 0 bridgehead atoms. The molecule has 1 aromatic carbocycles. The summed E-state index contributed by atoms with van der Waals surface area (Å²) in [5.74, 6) is 5.55. The molecule has 0 saturated heterocycles. The van der Waals surface area contributed by atoms with Gasteiger partial charge in [-0.25, -0.2) is 15.6 Å². The number of hydrogen-bond acceptors (Lipinski definition) is 8. The van der Waals surface area contributed by atoms with Gasteiger partial charge in [-0.15, -0.1) is 4.70 Å². The zero-order chi connectivity index (χ0) is 23.3. The molecule has 1 aromatic heterocycles. The van der Waals surface area contributed by atoms with Gasteiger partial charge in [0.05, 0.1) is 12.7 Å². The van der Waals surface area contributed by atoms with E-state index in [1.165, 1.54) is 11.7 Å². The van der Waals surface area contributed by atoms with Crippen molar-refractivity contribution >= 4 is 23.5 Å². The highest BCUT2D eigenvalue weighted by molar-refractivity contribution is 6.43. The number of nitrogens with two attached hydrogens (primary N) is 1. The molecule has 0 radical (unpaired) electrons. The molecular formula is C21H28N7O4+. The monoisotopic (exact) mass is 442 g/mol. The number of methoxy groups -OCH3 is 1. The minimum absolute atomic E-state index is 0.0158. The maximum Gasteiger partial charge on any atom is 0.413 e. The Morgan fingerprint density at radius 2 is 2.00 bits per heavy atom. The summed E-state index contributed by atoms with van der Waals surface area (Å²) in [6.45, 7) is 2.30. The van der Waals surface area contributed by atoms with Crippen molar-refractivity contribution in [3.8, 4) is 0 Å². The number of hydrogen-bond donors (Lipinski definition) is 3. The van der Waals surface area contributed by atoms with E-state index in [4.69, 9.17) is 25.6 Å². The number of oxime groups is 1. The normalized spacial score (nSPS) is 12.7. The van der Waals surface area contributed by atoms with Crippen molar-refractivity contribution in [2.45, 2.75) is 26.1 Å². The molecule has 1 heterocycles. The molecule has 11 heteroatoms.